The van der Waals surface area contributed by atoms with Crippen molar-refractivity contribution in [1.82, 2.24) is 10.2 Å². The van der Waals surface area contributed by atoms with Crippen LogP contribution >= 0.6 is 0 Å². The molecule has 1 unspecified atom stereocenters. The molecule has 17 heavy (non-hydrogen) atoms. The van der Waals surface area contributed by atoms with E-state index < -0.39 is 0 Å². The predicted octanol–water partition coefficient (Wildman–Crippen LogP) is 2.12. The molecule has 0 saturated carbocycles. The van der Waals surface area contributed by atoms with Crippen molar-refractivity contribution in [1.29, 1.82) is 0 Å². The summed E-state index contributed by atoms with van der Waals surface area (Å²) in [5.74, 6) is 0. The number of nitrogens with one attached hydrogen (secondary N) is 1. The maximum atomic E-state index is 5.05. The summed E-state index contributed by atoms with van der Waals surface area (Å²) in [7, 11) is 1.76. The van der Waals surface area contributed by atoms with Crippen LogP contribution in [0.5, 0.6) is 0 Å². The average molecular weight is 242 g/mol. The fourth-order valence-electron chi connectivity index (χ4n) is 2.34. The van der Waals surface area contributed by atoms with Gasteiger partial charge in [-0.3, -0.25) is 4.90 Å². The summed E-state index contributed by atoms with van der Waals surface area (Å²) in [5, 5.41) is 3.49. The number of nitrogens with zero attached hydrogens (tertiary/aromatic N) is 1. The van der Waals surface area contributed by atoms with Gasteiger partial charge < -0.3 is 10.1 Å². The van der Waals surface area contributed by atoms with Crippen LogP contribution in [0.25, 0.3) is 0 Å². The zero-order valence-corrected chi connectivity index (χ0v) is 12.1. The van der Waals surface area contributed by atoms with E-state index in [1.807, 2.05) is 0 Å². The van der Waals surface area contributed by atoms with Crippen LogP contribution in [0.15, 0.2) is 0 Å². The second kappa shape index (κ2) is 7.34. The molecule has 0 spiro atoms. The van der Waals surface area contributed by atoms with Crippen LogP contribution in [0.4, 0.5) is 0 Å². The van der Waals surface area contributed by atoms with Crippen molar-refractivity contribution in [3.8, 4) is 0 Å². The van der Waals surface area contributed by atoms with Crippen LogP contribution in [0, 0.1) is 5.41 Å². The summed E-state index contributed by atoms with van der Waals surface area (Å²) < 4.78 is 5.05. The third-order valence-corrected chi connectivity index (χ3v) is 3.51. The van der Waals surface area contributed by atoms with Gasteiger partial charge in [0.25, 0.3) is 0 Å². The first-order valence-corrected chi connectivity index (χ1v) is 6.96. The van der Waals surface area contributed by atoms with Crippen LogP contribution in [-0.2, 0) is 4.74 Å². The molecule has 0 aromatic rings. The molecule has 0 aromatic heterocycles. The first kappa shape index (κ1) is 14.9. The zero-order valence-electron chi connectivity index (χ0n) is 12.1. The smallest absolute Gasteiger partial charge is 0.0587 e. The molecule has 0 amide bonds. The van der Waals surface area contributed by atoms with Crippen LogP contribution in [0.2, 0.25) is 0 Å². The summed E-state index contributed by atoms with van der Waals surface area (Å²) >= 11 is 0. The van der Waals surface area contributed by atoms with Gasteiger partial charge in [0, 0.05) is 26.2 Å². The van der Waals surface area contributed by atoms with E-state index in [1.165, 1.54) is 32.4 Å². The standard InChI is InChI=1S/C14H30N2O/c1-14(2,3)7-10-16-9-5-6-13(16)12-15-8-11-17-4/h13,15H,5-12H2,1-4H3. The number of methoxy groups -OCH3 is 1. The molecule has 1 aliphatic heterocycles. The summed E-state index contributed by atoms with van der Waals surface area (Å²) in [5.41, 5.74) is 0.455. The van der Waals surface area contributed by atoms with Gasteiger partial charge in [0.05, 0.1) is 6.61 Å². The summed E-state index contributed by atoms with van der Waals surface area (Å²) in [4.78, 5) is 2.66. The second-order valence-corrected chi connectivity index (χ2v) is 6.34. The Kier molecular flexibility index (Phi) is 6.45. The molecule has 0 aliphatic carbocycles. The summed E-state index contributed by atoms with van der Waals surface area (Å²) in [6.45, 7) is 12.4. The van der Waals surface area contributed by atoms with Crippen LogP contribution < -0.4 is 5.32 Å². The number of hydrogen-bond acceptors (Lipinski definition) is 3. The molecule has 1 atom stereocenters. The fourth-order valence-corrected chi connectivity index (χ4v) is 2.34. The van der Waals surface area contributed by atoms with Crippen molar-refractivity contribution < 1.29 is 4.74 Å². The minimum Gasteiger partial charge on any atom is -0.383 e. The minimum atomic E-state index is 0.455. The van der Waals surface area contributed by atoms with Crippen molar-refractivity contribution in [3.63, 3.8) is 0 Å². The molecule has 0 bridgehead atoms. The summed E-state index contributed by atoms with van der Waals surface area (Å²) in [6.07, 6.45) is 4.01. The highest BCUT2D eigenvalue weighted by Gasteiger charge is 2.24. The van der Waals surface area contributed by atoms with Crippen molar-refractivity contribution in [3.05, 3.63) is 0 Å². The normalized spacial score (nSPS) is 22.2. The van der Waals surface area contributed by atoms with E-state index in [0.29, 0.717) is 5.41 Å². The van der Waals surface area contributed by atoms with E-state index in [1.54, 1.807) is 7.11 Å². The molecular weight excluding hydrogens is 212 g/mol. The van der Waals surface area contributed by atoms with Gasteiger partial charge in [-0.15, -0.1) is 0 Å². The molecule has 1 saturated heterocycles. The summed E-state index contributed by atoms with van der Waals surface area (Å²) in [6, 6.07) is 0.745. The monoisotopic (exact) mass is 242 g/mol. The van der Waals surface area contributed by atoms with Crippen molar-refractivity contribution in [2.24, 2.45) is 5.41 Å². The Labute approximate surface area is 107 Å². The Bertz CT molecular complexity index is 201. The lowest BCUT2D eigenvalue weighted by atomic mass is 9.92. The lowest BCUT2D eigenvalue weighted by Crippen LogP contribution is -2.40. The fraction of sp³-hybridized carbons (Fsp3) is 1.00. The Morgan fingerprint density at radius 2 is 2.12 bits per heavy atom. The van der Waals surface area contributed by atoms with Gasteiger partial charge in [-0.2, -0.15) is 0 Å². The van der Waals surface area contributed by atoms with Gasteiger partial charge in [0.15, 0.2) is 0 Å². The highest BCUT2D eigenvalue weighted by molar-refractivity contribution is 4.81. The van der Waals surface area contributed by atoms with E-state index in [4.69, 9.17) is 4.74 Å². The minimum absolute atomic E-state index is 0.455. The molecule has 1 fully saturated rings. The molecule has 1 rings (SSSR count). The lowest BCUT2D eigenvalue weighted by molar-refractivity contribution is 0.186. The van der Waals surface area contributed by atoms with Gasteiger partial charge >= 0.3 is 0 Å². The molecule has 3 nitrogen and oxygen atoms in total. The predicted molar refractivity (Wildman–Crippen MR) is 73.4 cm³/mol. The largest absolute Gasteiger partial charge is 0.383 e. The first-order chi connectivity index (χ1) is 8.03. The Morgan fingerprint density at radius 1 is 1.35 bits per heavy atom. The van der Waals surface area contributed by atoms with Gasteiger partial charge in [0.1, 0.15) is 0 Å². The van der Waals surface area contributed by atoms with Gasteiger partial charge in [-0.05, 0) is 37.8 Å². The van der Waals surface area contributed by atoms with E-state index in [9.17, 15) is 0 Å². The highest BCUT2D eigenvalue weighted by Crippen LogP contribution is 2.23. The average Bonchev–Trinajstić information content (AvgIpc) is 2.68. The van der Waals surface area contributed by atoms with E-state index in [-0.39, 0.29) is 0 Å². The molecule has 1 heterocycles. The van der Waals surface area contributed by atoms with E-state index in [2.05, 4.69) is 31.0 Å². The van der Waals surface area contributed by atoms with Crippen molar-refractivity contribution >= 4 is 0 Å². The lowest BCUT2D eigenvalue weighted by Gasteiger charge is -2.28. The second-order valence-electron chi connectivity index (χ2n) is 6.34. The van der Waals surface area contributed by atoms with Crippen LogP contribution in [-0.4, -0.2) is 50.8 Å². The number of likely N-dealkylation sites (tertiary alicyclic amines) is 1. The topological polar surface area (TPSA) is 24.5 Å². The maximum absolute atomic E-state index is 5.05. The first-order valence-electron chi connectivity index (χ1n) is 6.96. The highest BCUT2D eigenvalue weighted by atomic mass is 16.5. The quantitative estimate of drug-likeness (QED) is 0.692. The van der Waals surface area contributed by atoms with E-state index >= 15 is 0 Å². The van der Waals surface area contributed by atoms with Gasteiger partial charge in [-0.25, -0.2) is 0 Å². The molecule has 3 heteroatoms. The molecule has 1 N–H and O–H groups in total. The van der Waals surface area contributed by atoms with Crippen LogP contribution in [0.3, 0.4) is 0 Å². The van der Waals surface area contributed by atoms with Gasteiger partial charge in [0.2, 0.25) is 0 Å². The molecule has 1 aliphatic rings. The Balaban J connectivity index is 2.19. The van der Waals surface area contributed by atoms with Crippen molar-refractivity contribution in [2.45, 2.75) is 46.1 Å². The molecule has 0 aromatic carbocycles. The number of hydrogen-bond donors (Lipinski definition) is 1. The third kappa shape index (κ3) is 6.39. The van der Waals surface area contributed by atoms with E-state index in [0.717, 1.165) is 25.7 Å². The Hall–Kier alpha value is -0.120. The van der Waals surface area contributed by atoms with Crippen LogP contribution in [0.1, 0.15) is 40.0 Å². The number of rotatable bonds is 7. The maximum Gasteiger partial charge on any atom is 0.0587 e. The Morgan fingerprint density at radius 3 is 2.76 bits per heavy atom. The zero-order chi connectivity index (χ0) is 12.7. The molecule has 0 radical (unpaired) electrons. The number of ether oxygens (including phenoxy) is 1. The molecular formula is C14H30N2O. The molecule has 102 valence electrons. The third-order valence-electron chi connectivity index (χ3n) is 3.51. The van der Waals surface area contributed by atoms with Crippen molar-refractivity contribution in [2.75, 3.05) is 39.9 Å². The van der Waals surface area contributed by atoms with Gasteiger partial charge in [-0.1, -0.05) is 20.8 Å². The SMILES string of the molecule is COCCNCC1CCCN1CCC(C)(C)C.